The van der Waals surface area contributed by atoms with Crippen molar-refractivity contribution in [1.82, 2.24) is 19.7 Å². The Morgan fingerprint density at radius 1 is 1.24 bits per heavy atom. The van der Waals surface area contributed by atoms with Gasteiger partial charge in [0.25, 0.3) is 0 Å². The van der Waals surface area contributed by atoms with Gasteiger partial charge < -0.3 is 10.1 Å². The van der Waals surface area contributed by atoms with Gasteiger partial charge in [0, 0.05) is 30.8 Å². The molecule has 0 aliphatic heterocycles. The minimum Gasteiger partial charge on any atom is -0.494 e. The lowest BCUT2D eigenvalue weighted by Gasteiger charge is -2.10. The Hall–Kier alpha value is -2.34. The molecule has 0 aliphatic rings. The molecule has 21 heavy (non-hydrogen) atoms. The van der Waals surface area contributed by atoms with Gasteiger partial charge in [0.15, 0.2) is 0 Å². The zero-order valence-corrected chi connectivity index (χ0v) is 12.6. The van der Waals surface area contributed by atoms with Crippen molar-refractivity contribution in [2.45, 2.75) is 6.92 Å². The maximum atomic E-state index is 6.00. The second kappa shape index (κ2) is 5.21. The van der Waals surface area contributed by atoms with Crippen LogP contribution in [0.25, 0.3) is 16.6 Å². The lowest BCUT2D eigenvalue weighted by molar-refractivity contribution is 0.411. The van der Waals surface area contributed by atoms with Crippen LogP contribution in [-0.2, 0) is 0 Å². The van der Waals surface area contributed by atoms with Crippen molar-refractivity contribution in [3.8, 4) is 11.4 Å². The number of hydrogen-bond acceptors (Lipinski definition) is 5. The van der Waals surface area contributed by atoms with E-state index in [-0.39, 0.29) is 0 Å². The van der Waals surface area contributed by atoms with Crippen molar-refractivity contribution in [1.29, 1.82) is 0 Å². The van der Waals surface area contributed by atoms with Crippen molar-refractivity contribution in [3.63, 3.8) is 0 Å². The molecule has 0 radical (unpaired) electrons. The summed E-state index contributed by atoms with van der Waals surface area (Å²) in [5, 5.41) is 8.89. The van der Waals surface area contributed by atoms with E-state index in [4.69, 9.17) is 16.3 Å². The monoisotopic (exact) mass is 303 g/mol. The van der Waals surface area contributed by atoms with Crippen LogP contribution >= 0.6 is 11.6 Å². The van der Waals surface area contributed by atoms with Crippen LogP contribution in [0.3, 0.4) is 0 Å². The quantitative estimate of drug-likeness (QED) is 0.754. The second-order valence-corrected chi connectivity index (χ2v) is 4.90. The number of ether oxygens (including phenoxy) is 1. The molecular formula is C14H14ClN5O. The molecule has 3 rings (SSSR count). The zero-order valence-electron chi connectivity index (χ0n) is 11.9. The number of nitrogens with one attached hydrogen (secondary N) is 1. The van der Waals surface area contributed by atoms with Gasteiger partial charge in [0.1, 0.15) is 22.4 Å². The summed E-state index contributed by atoms with van der Waals surface area (Å²) in [5.74, 6) is 1.40. The Morgan fingerprint density at radius 3 is 2.76 bits per heavy atom. The molecule has 0 aliphatic carbocycles. The molecule has 3 aromatic heterocycles. The van der Waals surface area contributed by atoms with Gasteiger partial charge in [-0.05, 0) is 6.92 Å². The standard InChI is InChI=1S/C14H14ClN5O/c1-8-9-6-17-13(15)4-10(9)20(19-8)11-7-18-14(16-2)5-12(11)21-3/h4-7H,1-3H3,(H,16,18). The number of aryl methyl sites for hydroxylation is 1. The first-order valence-electron chi connectivity index (χ1n) is 6.37. The summed E-state index contributed by atoms with van der Waals surface area (Å²) < 4.78 is 7.21. The smallest absolute Gasteiger partial charge is 0.149 e. The number of rotatable bonds is 3. The van der Waals surface area contributed by atoms with E-state index >= 15 is 0 Å². The van der Waals surface area contributed by atoms with Gasteiger partial charge in [-0.3, -0.25) is 0 Å². The molecule has 0 amide bonds. The van der Waals surface area contributed by atoms with Crippen molar-refractivity contribution in [2.24, 2.45) is 0 Å². The van der Waals surface area contributed by atoms with E-state index in [2.05, 4.69) is 20.4 Å². The Kier molecular flexibility index (Phi) is 3.39. The van der Waals surface area contributed by atoms with E-state index in [0.717, 1.165) is 28.1 Å². The molecule has 0 aromatic carbocycles. The first-order valence-corrected chi connectivity index (χ1v) is 6.75. The fourth-order valence-corrected chi connectivity index (χ4v) is 2.36. The predicted molar refractivity (Wildman–Crippen MR) is 82.5 cm³/mol. The van der Waals surface area contributed by atoms with Gasteiger partial charge in [-0.25, -0.2) is 14.6 Å². The molecule has 0 fully saturated rings. The molecule has 0 bridgehead atoms. The Labute approximate surface area is 126 Å². The minimum atomic E-state index is 0.419. The van der Waals surface area contributed by atoms with Gasteiger partial charge in [-0.15, -0.1) is 0 Å². The number of aromatic nitrogens is 4. The molecule has 108 valence electrons. The number of pyridine rings is 2. The molecule has 0 unspecified atom stereocenters. The van der Waals surface area contributed by atoms with E-state index in [0.29, 0.717) is 10.9 Å². The van der Waals surface area contributed by atoms with E-state index in [1.165, 1.54) is 0 Å². The van der Waals surface area contributed by atoms with Crippen molar-refractivity contribution >= 4 is 28.3 Å². The van der Waals surface area contributed by atoms with Crippen LogP contribution in [0, 0.1) is 6.92 Å². The van der Waals surface area contributed by atoms with Gasteiger partial charge in [0.05, 0.1) is 24.5 Å². The van der Waals surface area contributed by atoms with Gasteiger partial charge >= 0.3 is 0 Å². The topological polar surface area (TPSA) is 64.9 Å². The molecule has 0 atom stereocenters. The Morgan fingerprint density at radius 2 is 2.05 bits per heavy atom. The van der Waals surface area contributed by atoms with Crippen LogP contribution < -0.4 is 10.1 Å². The maximum Gasteiger partial charge on any atom is 0.149 e. The van der Waals surface area contributed by atoms with Crippen molar-refractivity contribution in [2.75, 3.05) is 19.5 Å². The molecular weight excluding hydrogens is 290 g/mol. The molecule has 3 aromatic rings. The summed E-state index contributed by atoms with van der Waals surface area (Å²) in [6.07, 6.45) is 3.43. The van der Waals surface area contributed by atoms with E-state index in [1.807, 2.05) is 13.0 Å². The first kappa shape index (κ1) is 13.6. The molecule has 6 nitrogen and oxygen atoms in total. The fourth-order valence-electron chi connectivity index (χ4n) is 2.20. The van der Waals surface area contributed by atoms with Crippen molar-refractivity contribution in [3.05, 3.63) is 35.4 Å². The number of methoxy groups -OCH3 is 1. The van der Waals surface area contributed by atoms with E-state index in [1.54, 1.807) is 37.3 Å². The molecule has 3 heterocycles. The fraction of sp³-hybridized carbons (Fsp3) is 0.214. The zero-order chi connectivity index (χ0) is 15.0. The normalized spacial score (nSPS) is 10.9. The SMILES string of the molecule is CNc1cc(OC)c(-n2nc(C)c3cnc(Cl)cc32)cn1. The van der Waals surface area contributed by atoms with Crippen LogP contribution in [0.2, 0.25) is 5.15 Å². The number of anilines is 1. The highest BCUT2D eigenvalue weighted by atomic mass is 35.5. The third-order valence-corrected chi connectivity index (χ3v) is 3.47. The summed E-state index contributed by atoms with van der Waals surface area (Å²) in [7, 11) is 3.42. The largest absolute Gasteiger partial charge is 0.494 e. The number of hydrogen-bond donors (Lipinski definition) is 1. The third kappa shape index (κ3) is 2.27. The number of halogens is 1. The summed E-state index contributed by atoms with van der Waals surface area (Å²) in [5.41, 5.74) is 2.48. The summed E-state index contributed by atoms with van der Waals surface area (Å²) in [4.78, 5) is 8.42. The molecule has 1 N–H and O–H groups in total. The highest BCUT2D eigenvalue weighted by Crippen LogP contribution is 2.29. The summed E-state index contributed by atoms with van der Waals surface area (Å²) >= 11 is 6.00. The predicted octanol–water partition coefficient (Wildman–Crippen LogP) is 2.83. The van der Waals surface area contributed by atoms with Gasteiger partial charge in [-0.2, -0.15) is 5.10 Å². The van der Waals surface area contributed by atoms with E-state index in [9.17, 15) is 0 Å². The molecule has 0 saturated carbocycles. The van der Waals surface area contributed by atoms with Crippen LogP contribution in [-0.4, -0.2) is 33.9 Å². The van der Waals surface area contributed by atoms with Crippen LogP contribution in [0.4, 0.5) is 5.82 Å². The number of fused-ring (bicyclic) bond motifs is 1. The van der Waals surface area contributed by atoms with Crippen LogP contribution in [0.15, 0.2) is 24.5 Å². The second-order valence-electron chi connectivity index (χ2n) is 4.51. The Balaban J connectivity index is 2.27. The first-order chi connectivity index (χ1) is 10.1. The average Bonchev–Trinajstić information content (AvgIpc) is 2.82. The highest BCUT2D eigenvalue weighted by Gasteiger charge is 2.14. The third-order valence-electron chi connectivity index (χ3n) is 3.27. The molecule has 0 spiro atoms. The van der Waals surface area contributed by atoms with Crippen molar-refractivity contribution < 1.29 is 4.74 Å². The van der Waals surface area contributed by atoms with Gasteiger partial charge in [0.2, 0.25) is 0 Å². The minimum absolute atomic E-state index is 0.419. The summed E-state index contributed by atoms with van der Waals surface area (Å²) in [6, 6.07) is 3.60. The molecule has 0 saturated heterocycles. The highest BCUT2D eigenvalue weighted by molar-refractivity contribution is 6.30. The van der Waals surface area contributed by atoms with Gasteiger partial charge in [-0.1, -0.05) is 11.6 Å². The summed E-state index contributed by atoms with van der Waals surface area (Å²) in [6.45, 7) is 1.93. The lowest BCUT2D eigenvalue weighted by Crippen LogP contribution is -2.03. The average molecular weight is 304 g/mol. The van der Waals surface area contributed by atoms with Crippen LogP contribution in [0.5, 0.6) is 5.75 Å². The van der Waals surface area contributed by atoms with E-state index < -0.39 is 0 Å². The van der Waals surface area contributed by atoms with Crippen LogP contribution in [0.1, 0.15) is 5.69 Å². The Bertz CT molecular complexity index is 814. The number of nitrogens with zero attached hydrogens (tertiary/aromatic N) is 4. The maximum absolute atomic E-state index is 6.00. The lowest BCUT2D eigenvalue weighted by atomic mass is 10.2. The molecule has 7 heteroatoms.